The van der Waals surface area contributed by atoms with E-state index >= 15 is 0 Å². The van der Waals surface area contributed by atoms with Crippen molar-refractivity contribution >= 4 is 46.2 Å². The predicted octanol–water partition coefficient (Wildman–Crippen LogP) is 4.25. The molecule has 1 heterocycles. The maximum Gasteiger partial charge on any atom is 0.211 e. The lowest BCUT2D eigenvalue weighted by molar-refractivity contribution is -0.105. The Morgan fingerprint density at radius 2 is 1.94 bits per heavy atom. The van der Waals surface area contributed by atoms with Gasteiger partial charge in [-0.15, -0.1) is 0 Å². The van der Waals surface area contributed by atoms with E-state index in [4.69, 9.17) is 20.9 Å². The Balaban J connectivity index is 1.40. The first-order chi connectivity index (χ1) is 17.4. The van der Waals surface area contributed by atoms with E-state index in [-0.39, 0.29) is 17.7 Å². The number of hydrogen-bond acceptors (Lipinski definition) is 6. The molecular weight excluding hydrogens is 476 g/mol. The first-order valence-electron chi connectivity index (χ1n) is 11.4. The summed E-state index contributed by atoms with van der Waals surface area (Å²) in [6, 6.07) is 15.0. The van der Waals surface area contributed by atoms with E-state index in [1.807, 2.05) is 36.4 Å². The quantitative estimate of drug-likeness (QED) is 0.183. The predicted molar refractivity (Wildman–Crippen MR) is 142 cm³/mol. The number of benzene rings is 3. The number of nitrogens with zero attached hydrogens (tertiary/aromatic N) is 1. The fraction of sp³-hybridized carbons (Fsp3) is 0.185. The van der Waals surface area contributed by atoms with E-state index in [2.05, 4.69) is 10.3 Å². The monoisotopic (exact) mass is 502 g/mol. The number of amidine groups is 1. The van der Waals surface area contributed by atoms with Gasteiger partial charge in [0.25, 0.3) is 0 Å². The number of amides is 1. The van der Waals surface area contributed by atoms with Gasteiger partial charge in [-0.2, -0.15) is 0 Å². The fourth-order valence-corrected chi connectivity index (χ4v) is 5.64. The molecule has 1 saturated carbocycles. The second kappa shape index (κ2) is 9.50. The lowest BCUT2D eigenvalue weighted by atomic mass is 10.0. The standard InChI is InChI=1S/C27H26N4O4S/c1-34-17-4-6-23(30-14-32)21(11-17)20-12-19(20)15-3-5-18(22(28)9-15)27(29)31-24-10-16-7-8-36(33)26(16)13-25(24)35-2/h3-11,13-14,19-20H,12,28H2,1-2H3,(H2,29,31)(H,30,32). The van der Waals surface area contributed by atoms with Crippen LogP contribution in [0.4, 0.5) is 17.1 Å². The van der Waals surface area contributed by atoms with E-state index in [0.29, 0.717) is 34.0 Å². The van der Waals surface area contributed by atoms with Crippen LogP contribution in [0.25, 0.3) is 6.08 Å². The molecule has 0 bridgehead atoms. The molecule has 8 nitrogen and oxygen atoms in total. The maximum absolute atomic E-state index is 12.1. The van der Waals surface area contributed by atoms with Gasteiger partial charge in [-0.25, -0.2) is 9.20 Å². The zero-order chi connectivity index (χ0) is 25.4. The van der Waals surface area contributed by atoms with Gasteiger partial charge in [0.15, 0.2) is 0 Å². The molecule has 0 spiro atoms. The number of fused-ring (bicyclic) bond motifs is 1. The van der Waals surface area contributed by atoms with Crippen molar-refractivity contribution in [1.82, 2.24) is 0 Å². The van der Waals surface area contributed by atoms with Crippen molar-refractivity contribution in [3.63, 3.8) is 0 Å². The van der Waals surface area contributed by atoms with Crippen molar-refractivity contribution in [2.45, 2.75) is 23.2 Å². The van der Waals surface area contributed by atoms with E-state index < -0.39 is 10.8 Å². The Morgan fingerprint density at radius 3 is 2.67 bits per heavy atom. The van der Waals surface area contributed by atoms with Crippen LogP contribution >= 0.6 is 0 Å². The van der Waals surface area contributed by atoms with Gasteiger partial charge in [0.1, 0.15) is 23.0 Å². The average Bonchev–Trinajstić information content (AvgIpc) is 3.60. The molecule has 1 aliphatic carbocycles. The fourth-order valence-electron chi connectivity index (χ4n) is 4.64. The number of rotatable bonds is 8. The van der Waals surface area contributed by atoms with Crippen molar-refractivity contribution < 1.29 is 18.5 Å². The van der Waals surface area contributed by atoms with Gasteiger partial charge in [-0.05, 0) is 83.5 Å². The van der Waals surface area contributed by atoms with Crippen LogP contribution in [0, 0.1) is 0 Å². The Bertz CT molecular complexity index is 1450. The molecule has 184 valence electrons. The molecule has 3 aromatic carbocycles. The minimum absolute atomic E-state index is 0.244. The third-order valence-electron chi connectivity index (χ3n) is 6.58. The van der Waals surface area contributed by atoms with Gasteiger partial charge in [0.05, 0.1) is 29.9 Å². The molecule has 3 unspecified atom stereocenters. The smallest absolute Gasteiger partial charge is 0.211 e. The van der Waals surface area contributed by atoms with Crippen LogP contribution in [0.15, 0.2) is 63.8 Å². The average molecular weight is 503 g/mol. The molecule has 5 rings (SSSR count). The third-order valence-corrected chi connectivity index (χ3v) is 7.75. The number of carbonyl (C=O) groups is 1. The van der Waals surface area contributed by atoms with Crippen molar-refractivity contribution in [2.75, 3.05) is 25.3 Å². The van der Waals surface area contributed by atoms with Crippen molar-refractivity contribution in [2.24, 2.45) is 10.7 Å². The number of carbonyl (C=O) groups excluding carboxylic acids is 1. The van der Waals surface area contributed by atoms with Crippen molar-refractivity contribution in [3.8, 4) is 11.5 Å². The first-order valence-corrected chi connectivity index (χ1v) is 12.6. The van der Waals surface area contributed by atoms with Gasteiger partial charge >= 0.3 is 0 Å². The highest BCUT2D eigenvalue weighted by atomic mass is 32.2. The Hall–Kier alpha value is -4.11. The lowest BCUT2D eigenvalue weighted by Crippen LogP contribution is -2.15. The lowest BCUT2D eigenvalue weighted by Gasteiger charge is -2.12. The second-order valence-electron chi connectivity index (χ2n) is 8.67. The van der Waals surface area contributed by atoms with E-state index in [0.717, 1.165) is 34.5 Å². The molecule has 2 aliphatic rings. The minimum atomic E-state index is -1.18. The van der Waals surface area contributed by atoms with Crippen LogP contribution in [-0.4, -0.2) is 30.7 Å². The van der Waals surface area contributed by atoms with Crippen LogP contribution in [0.1, 0.15) is 40.5 Å². The van der Waals surface area contributed by atoms with Crippen LogP contribution in [0.2, 0.25) is 0 Å². The summed E-state index contributed by atoms with van der Waals surface area (Å²) < 4.78 is 22.9. The molecule has 5 N–H and O–H groups in total. The van der Waals surface area contributed by atoms with E-state index in [1.165, 1.54) is 7.11 Å². The summed E-state index contributed by atoms with van der Waals surface area (Å²) in [4.78, 5) is 16.3. The van der Waals surface area contributed by atoms with Crippen LogP contribution < -0.4 is 26.3 Å². The Kier molecular flexibility index (Phi) is 6.24. The van der Waals surface area contributed by atoms with E-state index in [1.54, 1.807) is 30.7 Å². The summed E-state index contributed by atoms with van der Waals surface area (Å²) in [7, 11) is 1.98. The first kappa shape index (κ1) is 23.6. The molecule has 0 aromatic heterocycles. The Morgan fingerprint density at radius 1 is 1.11 bits per heavy atom. The number of anilines is 2. The highest BCUT2D eigenvalue weighted by Gasteiger charge is 2.41. The molecular formula is C27H26N4O4S. The van der Waals surface area contributed by atoms with Crippen molar-refractivity contribution in [3.05, 3.63) is 76.2 Å². The number of aliphatic imine (C=N–C) groups is 1. The molecule has 1 aliphatic heterocycles. The normalized spacial score (nSPS) is 20.1. The molecule has 0 radical (unpaired) electrons. The summed E-state index contributed by atoms with van der Waals surface area (Å²) in [5, 5.41) is 4.41. The number of hydrogen-bond donors (Lipinski definition) is 3. The molecule has 36 heavy (non-hydrogen) atoms. The summed E-state index contributed by atoms with van der Waals surface area (Å²) >= 11 is 0. The van der Waals surface area contributed by atoms with Gasteiger partial charge in [-0.3, -0.25) is 4.79 Å². The highest BCUT2D eigenvalue weighted by molar-refractivity contribution is 7.88. The van der Waals surface area contributed by atoms with Crippen molar-refractivity contribution in [1.29, 1.82) is 0 Å². The maximum atomic E-state index is 12.1. The summed E-state index contributed by atoms with van der Waals surface area (Å²) in [5.41, 5.74) is 18.2. The SMILES string of the molecule is COc1ccc(NC=O)c(C2CC2c2ccc(C(N)=Nc3cc4c(cc3OC)S(=O)C=C4)c(N)c2)c1. The highest BCUT2D eigenvalue weighted by Crippen LogP contribution is 2.57. The Labute approximate surface area is 211 Å². The number of ether oxygens (including phenoxy) is 2. The molecule has 1 amide bonds. The van der Waals surface area contributed by atoms with Crippen LogP contribution in [-0.2, 0) is 15.6 Å². The number of methoxy groups -OCH3 is 2. The van der Waals surface area contributed by atoms with E-state index in [9.17, 15) is 9.00 Å². The summed E-state index contributed by atoms with van der Waals surface area (Å²) in [6.07, 6.45) is 3.42. The molecule has 1 fully saturated rings. The van der Waals surface area contributed by atoms with Gasteiger partial charge in [-0.1, -0.05) is 6.07 Å². The largest absolute Gasteiger partial charge is 0.497 e. The molecule has 9 heteroatoms. The second-order valence-corrected chi connectivity index (χ2v) is 9.98. The molecule has 3 atom stereocenters. The zero-order valence-electron chi connectivity index (χ0n) is 19.9. The van der Waals surface area contributed by atoms with Crippen LogP contribution in [0.5, 0.6) is 11.5 Å². The zero-order valence-corrected chi connectivity index (χ0v) is 20.7. The number of nitrogens with two attached hydrogens (primary N) is 2. The molecule has 3 aromatic rings. The third kappa shape index (κ3) is 4.33. The topological polar surface area (TPSA) is 129 Å². The summed E-state index contributed by atoms with van der Waals surface area (Å²) in [6.45, 7) is 0. The van der Waals surface area contributed by atoms with Crippen LogP contribution in [0.3, 0.4) is 0 Å². The summed E-state index contributed by atoms with van der Waals surface area (Å²) in [5.74, 6) is 2.01. The minimum Gasteiger partial charge on any atom is -0.497 e. The number of nitrogens with one attached hydrogen (secondary N) is 1. The van der Waals surface area contributed by atoms with Gasteiger partial charge in [0.2, 0.25) is 6.41 Å². The van der Waals surface area contributed by atoms with Gasteiger partial charge < -0.3 is 26.3 Å². The number of nitrogen functional groups attached to an aromatic ring is 1. The molecule has 0 saturated heterocycles. The van der Waals surface area contributed by atoms with Gasteiger partial charge in [0, 0.05) is 22.3 Å².